The molecule has 0 spiro atoms. The summed E-state index contributed by atoms with van der Waals surface area (Å²) in [5, 5.41) is 0. The molecule has 1 aliphatic rings. The minimum atomic E-state index is -0.974. The molecule has 4 rings (SSSR count). The highest BCUT2D eigenvalue weighted by atomic mass is 19.2. The number of ether oxygens (including phenoxy) is 2. The van der Waals surface area contributed by atoms with Crippen molar-refractivity contribution in [3.8, 4) is 22.3 Å². The summed E-state index contributed by atoms with van der Waals surface area (Å²) < 4.78 is 69.0. The van der Waals surface area contributed by atoms with Gasteiger partial charge in [-0.2, -0.15) is 0 Å². The summed E-state index contributed by atoms with van der Waals surface area (Å²) >= 11 is 0. The van der Waals surface area contributed by atoms with Gasteiger partial charge in [0.2, 0.25) is 0 Å². The quantitative estimate of drug-likeness (QED) is 0.323. The molecule has 6 heteroatoms. The van der Waals surface area contributed by atoms with Gasteiger partial charge < -0.3 is 9.47 Å². The standard InChI is InChI=1S/C26H22F4O2/c1-3-4-22-31-13-18(14-32-22)21-12-11-20(25(29)26(21)30)17-8-6-16(7-9-17)19-10-5-15(2)23(27)24(19)28/h3-12,18,22H,13-14H2,1-2H3/b4-3+. The molecule has 0 saturated carbocycles. The van der Waals surface area contributed by atoms with Crippen molar-refractivity contribution in [2.45, 2.75) is 26.1 Å². The van der Waals surface area contributed by atoms with Gasteiger partial charge in [0.25, 0.3) is 0 Å². The molecule has 1 saturated heterocycles. The van der Waals surface area contributed by atoms with Crippen LogP contribution in [0.5, 0.6) is 0 Å². The second kappa shape index (κ2) is 9.27. The molecule has 0 aliphatic carbocycles. The number of halogens is 4. The van der Waals surface area contributed by atoms with Gasteiger partial charge in [0.15, 0.2) is 29.6 Å². The first-order chi connectivity index (χ1) is 15.4. The number of allylic oxidation sites excluding steroid dienone is 1. The van der Waals surface area contributed by atoms with Gasteiger partial charge in [0.1, 0.15) is 0 Å². The van der Waals surface area contributed by atoms with Gasteiger partial charge in [-0.25, -0.2) is 17.6 Å². The number of hydrogen-bond donors (Lipinski definition) is 0. The van der Waals surface area contributed by atoms with E-state index in [1.165, 1.54) is 31.2 Å². The van der Waals surface area contributed by atoms with Crippen molar-refractivity contribution in [2.75, 3.05) is 13.2 Å². The predicted molar refractivity (Wildman–Crippen MR) is 115 cm³/mol. The smallest absolute Gasteiger partial charge is 0.176 e. The molecule has 3 aromatic rings. The lowest BCUT2D eigenvalue weighted by molar-refractivity contribution is -0.159. The first-order valence-electron chi connectivity index (χ1n) is 10.3. The van der Waals surface area contributed by atoms with Crippen LogP contribution in [0, 0.1) is 30.2 Å². The van der Waals surface area contributed by atoms with Crippen LogP contribution < -0.4 is 0 Å². The van der Waals surface area contributed by atoms with Crippen LogP contribution in [0.25, 0.3) is 22.3 Å². The fourth-order valence-electron chi connectivity index (χ4n) is 3.77. The van der Waals surface area contributed by atoms with E-state index in [-0.39, 0.29) is 35.5 Å². The van der Waals surface area contributed by atoms with E-state index in [0.29, 0.717) is 11.1 Å². The number of rotatable bonds is 4. The van der Waals surface area contributed by atoms with Crippen LogP contribution in [-0.2, 0) is 9.47 Å². The highest BCUT2D eigenvalue weighted by Gasteiger charge is 2.26. The van der Waals surface area contributed by atoms with Crippen molar-refractivity contribution in [1.82, 2.24) is 0 Å². The van der Waals surface area contributed by atoms with E-state index in [2.05, 4.69) is 0 Å². The Kier molecular flexibility index (Phi) is 6.44. The molecule has 0 radical (unpaired) electrons. The molecule has 1 heterocycles. The van der Waals surface area contributed by atoms with E-state index in [4.69, 9.17) is 9.47 Å². The molecular weight excluding hydrogens is 420 g/mol. The summed E-state index contributed by atoms with van der Waals surface area (Å²) in [7, 11) is 0. The molecule has 2 nitrogen and oxygen atoms in total. The summed E-state index contributed by atoms with van der Waals surface area (Å²) in [6.07, 6.45) is 3.07. The number of hydrogen-bond acceptors (Lipinski definition) is 2. The summed E-state index contributed by atoms with van der Waals surface area (Å²) in [6.45, 7) is 3.77. The SMILES string of the molecule is C/C=C/C1OCC(c2ccc(-c3ccc(-c4ccc(C)c(F)c4F)cc3)c(F)c2F)CO1. The molecule has 0 bridgehead atoms. The van der Waals surface area contributed by atoms with Crippen LogP contribution in [0.3, 0.4) is 0 Å². The largest absolute Gasteiger partial charge is 0.348 e. The Bertz CT molecular complexity index is 1150. The zero-order valence-electron chi connectivity index (χ0n) is 17.7. The van der Waals surface area contributed by atoms with Crippen LogP contribution in [-0.4, -0.2) is 19.5 Å². The van der Waals surface area contributed by atoms with Crippen molar-refractivity contribution in [2.24, 2.45) is 0 Å². The minimum Gasteiger partial charge on any atom is -0.348 e. The van der Waals surface area contributed by atoms with Crippen LogP contribution in [0.15, 0.2) is 60.7 Å². The van der Waals surface area contributed by atoms with Crippen molar-refractivity contribution in [3.63, 3.8) is 0 Å². The molecule has 0 amide bonds. The topological polar surface area (TPSA) is 18.5 Å². The third-order valence-electron chi connectivity index (χ3n) is 5.61. The number of benzene rings is 3. The molecule has 1 fully saturated rings. The molecule has 0 unspecified atom stereocenters. The molecular formula is C26H22F4O2. The zero-order chi connectivity index (χ0) is 22.8. The van der Waals surface area contributed by atoms with Crippen molar-refractivity contribution in [3.05, 3.63) is 95.1 Å². The second-order valence-corrected chi connectivity index (χ2v) is 7.72. The minimum absolute atomic E-state index is 0.0813. The zero-order valence-corrected chi connectivity index (χ0v) is 17.7. The Labute approximate surface area is 184 Å². The van der Waals surface area contributed by atoms with Gasteiger partial charge in [-0.1, -0.05) is 54.6 Å². The first kappa shape index (κ1) is 22.2. The van der Waals surface area contributed by atoms with E-state index in [1.807, 2.05) is 6.92 Å². The lowest BCUT2D eigenvalue weighted by Crippen LogP contribution is -2.30. The Morgan fingerprint density at radius 2 is 1.25 bits per heavy atom. The maximum Gasteiger partial charge on any atom is 0.176 e. The first-order valence-corrected chi connectivity index (χ1v) is 10.3. The van der Waals surface area contributed by atoms with Crippen LogP contribution in [0.4, 0.5) is 17.6 Å². The molecule has 0 aromatic heterocycles. The molecule has 32 heavy (non-hydrogen) atoms. The fraction of sp³-hybridized carbons (Fsp3) is 0.231. The van der Waals surface area contributed by atoms with Crippen LogP contribution in [0.2, 0.25) is 0 Å². The van der Waals surface area contributed by atoms with Crippen molar-refractivity contribution in [1.29, 1.82) is 0 Å². The third kappa shape index (κ3) is 4.20. The van der Waals surface area contributed by atoms with Crippen LogP contribution in [0.1, 0.15) is 24.0 Å². The Morgan fingerprint density at radius 1 is 0.719 bits per heavy atom. The molecule has 166 valence electrons. The highest BCUT2D eigenvalue weighted by molar-refractivity contribution is 5.71. The van der Waals surface area contributed by atoms with Gasteiger partial charge in [0.05, 0.1) is 13.2 Å². The van der Waals surface area contributed by atoms with E-state index in [0.717, 1.165) is 0 Å². The lowest BCUT2D eigenvalue weighted by atomic mass is 9.94. The van der Waals surface area contributed by atoms with E-state index >= 15 is 0 Å². The van der Waals surface area contributed by atoms with Crippen molar-refractivity contribution >= 4 is 0 Å². The maximum atomic E-state index is 14.9. The molecule has 0 atom stereocenters. The van der Waals surface area contributed by atoms with Gasteiger partial charge in [-0.3, -0.25) is 0 Å². The monoisotopic (exact) mass is 442 g/mol. The Hall–Kier alpha value is -2.96. The predicted octanol–water partition coefficient (Wildman–Crippen LogP) is 6.92. The average molecular weight is 442 g/mol. The van der Waals surface area contributed by atoms with Gasteiger partial charge in [-0.05, 0) is 42.2 Å². The fourth-order valence-corrected chi connectivity index (χ4v) is 3.77. The Balaban J connectivity index is 1.58. The summed E-state index contributed by atoms with van der Waals surface area (Å²) in [5.41, 5.74) is 1.46. The van der Waals surface area contributed by atoms with Crippen LogP contribution >= 0.6 is 0 Å². The second-order valence-electron chi connectivity index (χ2n) is 7.72. The lowest BCUT2D eigenvalue weighted by Gasteiger charge is -2.28. The van der Waals surface area contributed by atoms with E-state index in [1.54, 1.807) is 36.4 Å². The van der Waals surface area contributed by atoms with Gasteiger partial charge in [0, 0.05) is 17.0 Å². The van der Waals surface area contributed by atoms with E-state index < -0.39 is 35.5 Å². The maximum absolute atomic E-state index is 14.9. The third-order valence-corrected chi connectivity index (χ3v) is 5.61. The average Bonchev–Trinajstić information content (AvgIpc) is 2.81. The molecule has 3 aromatic carbocycles. The Morgan fingerprint density at radius 3 is 1.81 bits per heavy atom. The summed E-state index contributed by atoms with van der Waals surface area (Å²) in [6, 6.07) is 12.2. The van der Waals surface area contributed by atoms with Crippen molar-refractivity contribution < 1.29 is 27.0 Å². The van der Waals surface area contributed by atoms with E-state index in [9.17, 15) is 17.6 Å². The number of aryl methyl sites for hydroxylation is 1. The normalized spacial score (nSPS) is 18.9. The van der Waals surface area contributed by atoms with Gasteiger partial charge in [-0.15, -0.1) is 0 Å². The molecule has 0 N–H and O–H groups in total. The highest BCUT2D eigenvalue weighted by Crippen LogP contribution is 2.33. The molecule has 1 aliphatic heterocycles. The van der Waals surface area contributed by atoms with Gasteiger partial charge >= 0.3 is 0 Å². The summed E-state index contributed by atoms with van der Waals surface area (Å²) in [5.74, 6) is -4.17. The summed E-state index contributed by atoms with van der Waals surface area (Å²) in [4.78, 5) is 0.